The molecular formula is C11H7ClN4OS. The van der Waals surface area contributed by atoms with Crippen LogP contribution in [0.15, 0.2) is 23.6 Å². The first kappa shape index (κ1) is 12.4. The monoisotopic (exact) mass is 278 g/mol. The van der Waals surface area contributed by atoms with Crippen LogP contribution in [-0.4, -0.2) is 10.9 Å². The minimum absolute atomic E-state index is 0.218. The standard InChI is InChI=1S/C11H7ClN4OS/c12-7-2-1-6(4-13)3-8(7)15-10(17)9-5-18-11(14)16-9/h1-3,5H,(H2,14,16)(H,15,17). The van der Waals surface area contributed by atoms with Crippen molar-refractivity contribution >= 4 is 39.7 Å². The Morgan fingerprint density at radius 2 is 2.33 bits per heavy atom. The SMILES string of the molecule is N#Cc1ccc(Cl)c(NC(=O)c2csc(N)n2)c1. The van der Waals surface area contributed by atoms with Gasteiger partial charge in [-0.25, -0.2) is 4.98 Å². The first-order chi connectivity index (χ1) is 8.60. The molecule has 90 valence electrons. The van der Waals surface area contributed by atoms with Crippen molar-refractivity contribution in [2.45, 2.75) is 0 Å². The van der Waals surface area contributed by atoms with E-state index in [1.165, 1.54) is 17.4 Å². The molecule has 2 aromatic rings. The van der Waals surface area contributed by atoms with Gasteiger partial charge in [0.1, 0.15) is 5.69 Å². The minimum atomic E-state index is -0.417. The van der Waals surface area contributed by atoms with Crippen molar-refractivity contribution in [3.63, 3.8) is 0 Å². The van der Waals surface area contributed by atoms with E-state index >= 15 is 0 Å². The first-order valence-corrected chi connectivity index (χ1v) is 6.08. The van der Waals surface area contributed by atoms with Crippen molar-refractivity contribution in [1.82, 2.24) is 4.98 Å². The lowest BCUT2D eigenvalue weighted by molar-refractivity contribution is 0.102. The summed E-state index contributed by atoms with van der Waals surface area (Å²) in [5, 5.41) is 13.6. The van der Waals surface area contributed by atoms with Gasteiger partial charge in [-0.2, -0.15) is 5.26 Å². The number of nitrogens with zero attached hydrogens (tertiary/aromatic N) is 2. The number of carbonyl (C=O) groups excluding carboxylic acids is 1. The maximum absolute atomic E-state index is 11.8. The number of anilines is 2. The lowest BCUT2D eigenvalue weighted by Gasteiger charge is -2.05. The van der Waals surface area contributed by atoms with Gasteiger partial charge < -0.3 is 11.1 Å². The van der Waals surface area contributed by atoms with E-state index in [4.69, 9.17) is 22.6 Å². The van der Waals surface area contributed by atoms with Gasteiger partial charge in [-0.05, 0) is 18.2 Å². The van der Waals surface area contributed by atoms with Crippen LogP contribution in [-0.2, 0) is 0 Å². The Morgan fingerprint density at radius 1 is 1.56 bits per heavy atom. The van der Waals surface area contributed by atoms with Gasteiger partial charge in [-0.15, -0.1) is 11.3 Å². The zero-order chi connectivity index (χ0) is 13.1. The number of benzene rings is 1. The summed E-state index contributed by atoms with van der Waals surface area (Å²) in [5.74, 6) is -0.417. The lowest BCUT2D eigenvalue weighted by atomic mass is 10.2. The van der Waals surface area contributed by atoms with Crippen LogP contribution < -0.4 is 11.1 Å². The molecule has 0 unspecified atom stereocenters. The van der Waals surface area contributed by atoms with Crippen molar-refractivity contribution in [2.24, 2.45) is 0 Å². The van der Waals surface area contributed by atoms with E-state index in [9.17, 15) is 4.79 Å². The van der Waals surface area contributed by atoms with Crippen LogP contribution in [0.25, 0.3) is 0 Å². The number of nitrogens with two attached hydrogens (primary N) is 1. The summed E-state index contributed by atoms with van der Waals surface area (Å²) in [6.07, 6.45) is 0. The van der Waals surface area contributed by atoms with Crippen LogP contribution in [0.4, 0.5) is 10.8 Å². The molecule has 0 fully saturated rings. The second kappa shape index (κ2) is 5.04. The van der Waals surface area contributed by atoms with E-state index in [0.29, 0.717) is 21.4 Å². The number of thiazole rings is 1. The summed E-state index contributed by atoms with van der Waals surface area (Å²) in [6, 6.07) is 6.58. The Balaban J connectivity index is 2.24. The van der Waals surface area contributed by atoms with Crippen molar-refractivity contribution in [2.75, 3.05) is 11.1 Å². The Labute approximate surface area is 112 Å². The van der Waals surface area contributed by atoms with Gasteiger partial charge in [-0.3, -0.25) is 4.79 Å². The fourth-order valence-electron chi connectivity index (χ4n) is 1.27. The van der Waals surface area contributed by atoms with Gasteiger partial charge in [-0.1, -0.05) is 11.6 Å². The molecule has 0 saturated carbocycles. The van der Waals surface area contributed by atoms with Crippen molar-refractivity contribution < 1.29 is 4.79 Å². The number of hydrogen-bond donors (Lipinski definition) is 2. The Morgan fingerprint density at radius 3 is 2.94 bits per heavy atom. The third kappa shape index (κ3) is 2.59. The average molecular weight is 279 g/mol. The van der Waals surface area contributed by atoms with Gasteiger partial charge in [0.2, 0.25) is 0 Å². The maximum Gasteiger partial charge on any atom is 0.275 e. The zero-order valence-electron chi connectivity index (χ0n) is 8.98. The van der Waals surface area contributed by atoms with E-state index < -0.39 is 5.91 Å². The normalized spacial score (nSPS) is 9.78. The van der Waals surface area contributed by atoms with Crippen molar-refractivity contribution in [1.29, 1.82) is 5.26 Å². The lowest BCUT2D eigenvalue weighted by Crippen LogP contribution is -2.12. The van der Waals surface area contributed by atoms with Gasteiger partial charge >= 0.3 is 0 Å². The Hall–Kier alpha value is -2.10. The van der Waals surface area contributed by atoms with Crippen molar-refractivity contribution in [3.05, 3.63) is 39.9 Å². The molecule has 5 nitrogen and oxygen atoms in total. The smallest absolute Gasteiger partial charge is 0.275 e. The summed E-state index contributed by atoms with van der Waals surface area (Å²) in [5.41, 5.74) is 6.44. The second-order valence-electron chi connectivity index (χ2n) is 3.33. The van der Waals surface area contributed by atoms with E-state index in [-0.39, 0.29) is 5.69 Å². The predicted molar refractivity (Wildman–Crippen MR) is 70.6 cm³/mol. The van der Waals surface area contributed by atoms with Crippen molar-refractivity contribution in [3.8, 4) is 6.07 Å². The molecule has 18 heavy (non-hydrogen) atoms. The average Bonchev–Trinajstić information content (AvgIpc) is 2.79. The molecule has 2 rings (SSSR count). The maximum atomic E-state index is 11.8. The molecule has 0 spiro atoms. The van der Waals surface area contributed by atoms with E-state index in [0.717, 1.165) is 0 Å². The summed E-state index contributed by atoms with van der Waals surface area (Å²) >= 11 is 7.10. The molecule has 0 aliphatic carbocycles. The van der Waals surface area contributed by atoms with E-state index in [2.05, 4.69) is 10.3 Å². The van der Waals surface area contributed by atoms with Crippen LogP contribution in [0.5, 0.6) is 0 Å². The topological polar surface area (TPSA) is 91.8 Å². The Bertz CT molecular complexity index is 647. The molecule has 1 aromatic carbocycles. The third-order valence-corrected chi connectivity index (χ3v) is 3.10. The van der Waals surface area contributed by atoms with Crippen LogP contribution in [0.1, 0.15) is 16.1 Å². The summed E-state index contributed by atoms with van der Waals surface area (Å²) < 4.78 is 0. The molecule has 1 amide bonds. The Kier molecular flexibility index (Phi) is 3.46. The molecule has 0 saturated heterocycles. The number of nitrogens with one attached hydrogen (secondary N) is 1. The fraction of sp³-hybridized carbons (Fsp3) is 0. The summed E-state index contributed by atoms with van der Waals surface area (Å²) in [7, 11) is 0. The molecule has 0 aliphatic heterocycles. The molecule has 3 N–H and O–H groups in total. The van der Waals surface area contributed by atoms with E-state index in [1.807, 2.05) is 6.07 Å². The quantitative estimate of drug-likeness (QED) is 0.883. The highest BCUT2D eigenvalue weighted by atomic mass is 35.5. The van der Waals surface area contributed by atoms with Crippen LogP contribution in [0, 0.1) is 11.3 Å². The summed E-state index contributed by atoms with van der Waals surface area (Å²) in [4.78, 5) is 15.7. The van der Waals surface area contributed by atoms with Gasteiger partial charge in [0.25, 0.3) is 5.91 Å². The number of amides is 1. The van der Waals surface area contributed by atoms with Gasteiger partial charge in [0.15, 0.2) is 5.13 Å². The largest absolute Gasteiger partial charge is 0.375 e. The minimum Gasteiger partial charge on any atom is -0.375 e. The first-order valence-electron chi connectivity index (χ1n) is 4.82. The molecular weight excluding hydrogens is 272 g/mol. The predicted octanol–water partition coefficient (Wildman–Crippen LogP) is 2.50. The molecule has 0 radical (unpaired) electrons. The number of halogens is 1. The molecule has 1 heterocycles. The van der Waals surface area contributed by atoms with Gasteiger partial charge in [0, 0.05) is 5.38 Å². The molecule has 0 bridgehead atoms. The highest BCUT2D eigenvalue weighted by Gasteiger charge is 2.12. The number of rotatable bonds is 2. The molecule has 7 heteroatoms. The van der Waals surface area contributed by atoms with Crippen LogP contribution >= 0.6 is 22.9 Å². The number of aromatic nitrogens is 1. The highest BCUT2D eigenvalue weighted by Crippen LogP contribution is 2.23. The summed E-state index contributed by atoms with van der Waals surface area (Å²) in [6.45, 7) is 0. The molecule has 1 aromatic heterocycles. The van der Waals surface area contributed by atoms with Gasteiger partial charge in [0.05, 0.1) is 22.3 Å². The molecule has 0 atom stereocenters. The number of carbonyl (C=O) groups is 1. The number of nitriles is 1. The second-order valence-corrected chi connectivity index (χ2v) is 4.63. The highest BCUT2D eigenvalue weighted by molar-refractivity contribution is 7.13. The number of hydrogen-bond acceptors (Lipinski definition) is 5. The zero-order valence-corrected chi connectivity index (χ0v) is 10.5. The van der Waals surface area contributed by atoms with Crippen LogP contribution in [0.2, 0.25) is 5.02 Å². The van der Waals surface area contributed by atoms with Crippen LogP contribution in [0.3, 0.4) is 0 Å². The third-order valence-electron chi connectivity index (χ3n) is 2.10. The van der Waals surface area contributed by atoms with E-state index in [1.54, 1.807) is 17.5 Å². The molecule has 0 aliphatic rings. The fourth-order valence-corrected chi connectivity index (χ4v) is 1.98. The number of nitrogen functional groups attached to an aromatic ring is 1.